The standard InChI is InChI=1S/C17H20F3N5/c18-15-10-21-4-1-16(15)24-7-8-25-14(12-24)9-13(22-25)11-23-5-2-17(19,20)3-6-23/h1,4,9-10H,2-3,5-8,11-12H2. The molecule has 0 unspecified atom stereocenters. The van der Waals surface area contributed by atoms with Gasteiger partial charge in [-0.3, -0.25) is 14.6 Å². The van der Waals surface area contributed by atoms with Crippen LogP contribution in [0.15, 0.2) is 24.5 Å². The van der Waals surface area contributed by atoms with Crippen LogP contribution in [0.1, 0.15) is 24.2 Å². The average molecular weight is 351 g/mol. The number of fused-ring (bicyclic) bond motifs is 1. The monoisotopic (exact) mass is 351 g/mol. The molecule has 0 amide bonds. The zero-order valence-corrected chi connectivity index (χ0v) is 13.8. The van der Waals surface area contributed by atoms with Gasteiger partial charge in [0, 0.05) is 45.2 Å². The van der Waals surface area contributed by atoms with Crippen LogP contribution in [0, 0.1) is 5.82 Å². The number of piperidine rings is 1. The van der Waals surface area contributed by atoms with Gasteiger partial charge < -0.3 is 4.90 Å². The van der Waals surface area contributed by atoms with Crippen LogP contribution in [-0.4, -0.2) is 45.2 Å². The van der Waals surface area contributed by atoms with E-state index in [4.69, 9.17) is 0 Å². The van der Waals surface area contributed by atoms with Gasteiger partial charge in [-0.1, -0.05) is 0 Å². The minimum Gasteiger partial charge on any atom is -0.361 e. The summed E-state index contributed by atoms with van der Waals surface area (Å²) < 4.78 is 42.4. The Labute approximate surface area is 144 Å². The summed E-state index contributed by atoms with van der Waals surface area (Å²) in [7, 11) is 0. The predicted molar refractivity (Wildman–Crippen MR) is 86.9 cm³/mol. The molecule has 0 atom stereocenters. The Hall–Kier alpha value is -2.09. The first-order chi connectivity index (χ1) is 12.0. The molecule has 2 aliphatic heterocycles. The molecule has 8 heteroatoms. The summed E-state index contributed by atoms with van der Waals surface area (Å²) in [5, 5.41) is 4.59. The van der Waals surface area contributed by atoms with Crippen molar-refractivity contribution in [2.45, 2.75) is 38.4 Å². The van der Waals surface area contributed by atoms with Gasteiger partial charge in [-0.15, -0.1) is 0 Å². The quantitative estimate of drug-likeness (QED) is 0.852. The normalized spacial score (nSPS) is 20.5. The van der Waals surface area contributed by atoms with Crippen molar-refractivity contribution in [2.75, 3.05) is 24.5 Å². The van der Waals surface area contributed by atoms with Crippen molar-refractivity contribution < 1.29 is 13.2 Å². The molecule has 4 heterocycles. The lowest BCUT2D eigenvalue weighted by molar-refractivity contribution is -0.0568. The van der Waals surface area contributed by atoms with E-state index in [1.165, 1.54) is 6.20 Å². The number of anilines is 1. The SMILES string of the molecule is Fc1cnccc1N1CCn2nc(CN3CCC(F)(F)CC3)cc2C1. The Morgan fingerprint density at radius 1 is 1.12 bits per heavy atom. The summed E-state index contributed by atoms with van der Waals surface area (Å²) in [5.41, 5.74) is 2.44. The van der Waals surface area contributed by atoms with E-state index in [1.54, 1.807) is 12.3 Å². The van der Waals surface area contributed by atoms with Crippen LogP contribution in [0.3, 0.4) is 0 Å². The fourth-order valence-corrected chi connectivity index (χ4v) is 3.50. The van der Waals surface area contributed by atoms with Crippen LogP contribution in [0.25, 0.3) is 0 Å². The van der Waals surface area contributed by atoms with Crippen molar-refractivity contribution in [3.63, 3.8) is 0 Å². The lowest BCUT2D eigenvalue weighted by Gasteiger charge is -2.31. The molecular formula is C17H20F3N5. The fourth-order valence-electron chi connectivity index (χ4n) is 3.50. The highest BCUT2D eigenvalue weighted by molar-refractivity contribution is 5.47. The zero-order valence-electron chi connectivity index (χ0n) is 13.8. The number of alkyl halides is 2. The molecule has 5 nitrogen and oxygen atoms in total. The minimum atomic E-state index is -2.53. The summed E-state index contributed by atoms with van der Waals surface area (Å²) in [5.74, 6) is -2.86. The topological polar surface area (TPSA) is 37.2 Å². The third kappa shape index (κ3) is 3.49. The third-order valence-corrected chi connectivity index (χ3v) is 4.91. The molecule has 2 aromatic heterocycles. The number of aromatic nitrogens is 3. The van der Waals surface area contributed by atoms with Gasteiger partial charge in [0.2, 0.25) is 0 Å². The summed E-state index contributed by atoms with van der Waals surface area (Å²) >= 11 is 0. The highest BCUT2D eigenvalue weighted by Gasteiger charge is 2.34. The lowest BCUT2D eigenvalue weighted by atomic mass is 10.1. The summed E-state index contributed by atoms with van der Waals surface area (Å²) in [4.78, 5) is 7.78. The first-order valence-electron chi connectivity index (χ1n) is 8.50. The van der Waals surface area contributed by atoms with Gasteiger partial charge >= 0.3 is 0 Å². The highest BCUT2D eigenvalue weighted by Crippen LogP contribution is 2.29. The Morgan fingerprint density at radius 3 is 2.68 bits per heavy atom. The van der Waals surface area contributed by atoms with E-state index < -0.39 is 5.92 Å². The average Bonchev–Trinajstić information content (AvgIpc) is 2.98. The first-order valence-corrected chi connectivity index (χ1v) is 8.50. The van der Waals surface area contributed by atoms with Crippen molar-refractivity contribution >= 4 is 5.69 Å². The summed E-state index contributed by atoms with van der Waals surface area (Å²) in [6.45, 7) is 3.29. The Morgan fingerprint density at radius 2 is 1.92 bits per heavy atom. The Balaban J connectivity index is 1.43. The van der Waals surface area contributed by atoms with Gasteiger partial charge in [0.1, 0.15) is 0 Å². The zero-order chi connectivity index (χ0) is 17.4. The molecule has 0 radical (unpaired) electrons. The van der Waals surface area contributed by atoms with Crippen LogP contribution in [-0.2, 0) is 19.6 Å². The van der Waals surface area contributed by atoms with Gasteiger partial charge in [-0.2, -0.15) is 5.10 Å². The van der Waals surface area contributed by atoms with Crippen LogP contribution >= 0.6 is 0 Å². The second-order valence-electron chi connectivity index (χ2n) is 6.73. The number of hydrogen-bond acceptors (Lipinski definition) is 4. The molecule has 0 bridgehead atoms. The smallest absolute Gasteiger partial charge is 0.250 e. The van der Waals surface area contributed by atoms with Gasteiger partial charge in [0.25, 0.3) is 5.92 Å². The molecule has 134 valence electrons. The van der Waals surface area contributed by atoms with Crippen molar-refractivity contribution in [2.24, 2.45) is 0 Å². The number of nitrogens with zero attached hydrogens (tertiary/aromatic N) is 5. The number of likely N-dealkylation sites (tertiary alicyclic amines) is 1. The largest absolute Gasteiger partial charge is 0.361 e. The van der Waals surface area contributed by atoms with E-state index in [0.717, 1.165) is 11.4 Å². The van der Waals surface area contributed by atoms with E-state index in [2.05, 4.69) is 10.1 Å². The van der Waals surface area contributed by atoms with Crippen molar-refractivity contribution in [1.29, 1.82) is 0 Å². The Kier molecular flexibility index (Phi) is 4.15. The van der Waals surface area contributed by atoms with Gasteiger partial charge in [0.15, 0.2) is 5.82 Å². The molecule has 0 N–H and O–H groups in total. The molecule has 2 aromatic rings. The van der Waals surface area contributed by atoms with E-state index in [0.29, 0.717) is 45.0 Å². The molecule has 0 aromatic carbocycles. The molecule has 1 saturated heterocycles. The lowest BCUT2D eigenvalue weighted by Crippen LogP contribution is -2.38. The number of pyridine rings is 1. The predicted octanol–water partition coefficient (Wildman–Crippen LogP) is 2.67. The van der Waals surface area contributed by atoms with Crippen LogP contribution in [0.2, 0.25) is 0 Å². The van der Waals surface area contributed by atoms with E-state index >= 15 is 0 Å². The van der Waals surface area contributed by atoms with E-state index in [-0.39, 0.29) is 18.7 Å². The second-order valence-corrected chi connectivity index (χ2v) is 6.73. The fraction of sp³-hybridized carbons (Fsp3) is 0.529. The molecule has 1 fully saturated rings. The van der Waals surface area contributed by atoms with Gasteiger partial charge in [-0.25, -0.2) is 13.2 Å². The molecular weight excluding hydrogens is 331 g/mol. The van der Waals surface area contributed by atoms with Gasteiger partial charge in [-0.05, 0) is 12.1 Å². The Bertz CT molecular complexity index is 750. The maximum absolute atomic E-state index is 13.9. The highest BCUT2D eigenvalue weighted by atomic mass is 19.3. The number of hydrogen-bond donors (Lipinski definition) is 0. The van der Waals surface area contributed by atoms with E-state index in [9.17, 15) is 13.2 Å². The van der Waals surface area contributed by atoms with Crippen LogP contribution in [0.4, 0.5) is 18.9 Å². The summed E-state index contributed by atoms with van der Waals surface area (Å²) in [6.07, 6.45) is 2.63. The second kappa shape index (κ2) is 6.33. The molecule has 0 saturated carbocycles. The third-order valence-electron chi connectivity index (χ3n) is 4.91. The van der Waals surface area contributed by atoms with Crippen molar-refractivity contribution in [3.05, 3.63) is 41.7 Å². The molecule has 0 aliphatic carbocycles. The number of halogens is 3. The molecule has 4 rings (SSSR count). The minimum absolute atomic E-state index is 0.0876. The number of rotatable bonds is 3. The van der Waals surface area contributed by atoms with Gasteiger partial charge in [0.05, 0.1) is 36.4 Å². The van der Waals surface area contributed by atoms with Crippen molar-refractivity contribution in [3.8, 4) is 0 Å². The first kappa shape index (κ1) is 16.4. The molecule has 2 aliphatic rings. The van der Waals surface area contributed by atoms with Crippen LogP contribution in [0.5, 0.6) is 0 Å². The summed E-state index contributed by atoms with van der Waals surface area (Å²) in [6, 6.07) is 3.67. The maximum Gasteiger partial charge on any atom is 0.250 e. The van der Waals surface area contributed by atoms with Crippen LogP contribution < -0.4 is 4.90 Å². The molecule has 25 heavy (non-hydrogen) atoms. The van der Waals surface area contributed by atoms with E-state index in [1.807, 2.05) is 20.5 Å². The molecule has 0 spiro atoms. The van der Waals surface area contributed by atoms with Crippen molar-refractivity contribution in [1.82, 2.24) is 19.7 Å². The maximum atomic E-state index is 13.9.